The lowest BCUT2D eigenvalue weighted by Gasteiger charge is -2.23. The van der Waals surface area contributed by atoms with Crippen molar-refractivity contribution in [3.8, 4) is 0 Å². The van der Waals surface area contributed by atoms with Crippen molar-refractivity contribution in [1.29, 1.82) is 0 Å². The van der Waals surface area contributed by atoms with E-state index in [4.69, 9.17) is 0 Å². The van der Waals surface area contributed by atoms with E-state index in [9.17, 15) is 0 Å². The largest absolute Gasteiger partial charge is 0.299 e. The van der Waals surface area contributed by atoms with Gasteiger partial charge in [0, 0.05) is 12.3 Å². The minimum absolute atomic E-state index is 0.539. The third kappa shape index (κ3) is 4.05. The van der Waals surface area contributed by atoms with E-state index in [-0.39, 0.29) is 0 Å². The van der Waals surface area contributed by atoms with Crippen LogP contribution in [-0.4, -0.2) is 30.3 Å². The van der Waals surface area contributed by atoms with Crippen LogP contribution in [0.25, 0.3) is 0 Å². The molecule has 0 radical (unpaired) electrons. The lowest BCUT2D eigenvalue weighted by atomic mass is 9.85. The molecule has 0 aromatic heterocycles. The van der Waals surface area contributed by atoms with Gasteiger partial charge in [0.1, 0.15) is 0 Å². The summed E-state index contributed by atoms with van der Waals surface area (Å²) in [7, 11) is 0. The van der Waals surface area contributed by atoms with Gasteiger partial charge in [0.15, 0.2) is 0 Å². The molecule has 1 fully saturated rings. The summed E-state index contributed by atoms with van der Waals surface area (Å²) in [6, 6.07) is 0. The van der Waals surface area contributed by atoms with Gasteiger partial charge in [-0.05, 0) is 37.8 Å². The molecule has 0 amide bonds. The van der Waals surface area contributed by atoms with Gasteiger partial charge in [0.05, 0.1) is 0 Å². The SMILES string of the molecule is C=C(CS)CN1CCCC(C)(C)CC1. The van der Waals surface area contributed by atoms with Crippen molar-refractivity contribution in [2.75, 3.05) is 25.4 Å². The quantitative estimate of drug-likeness (QED) is 0.557. The molecule has 14 heavy (non-hydrogen) atoms. The van der Waals surface area contributed by atoms with Crippen LogP contribution >= 0.6 is 12.6 Å². The van der Waals surface area contributed by atoms with Crippen LogP contribution in [-0.2, 0) is 0 Å². The fourth-order valence-corrected chi connectivity index (χ4v) is 2.10. The fraction of sp³-hybridized carbons (Fsp3) is 0.833. The van der Waals surface area contributed by atoms with Crippen LogP contribution in [0.4, 0.5) is 0 Å². The average Bonchev–Trinajstić information content (AvgIpc) is 2.28. The van der Waals surface area contributed by atoms with Gasteiger partial charge in [-0.2, -0.15) is 12.6 Å². The van der Waals surface area contributed by atoms with Gasteiger partial charge in [-0.25, -0.2) is 0 Å². The molecule has 1 nitrogen and oxygen atoms in total. The van der Waals surface area contributed by atoms with Crippen LogP contribution in [0, 0.1) is 5.41 Å². The number of hydrogen-bond acceptors (Lipinski definition) is 2. The zero-order valence-electron chi connectivity index (χ0n) is 9.55. The van der Waals surface area contributed by atoms with Crippen LogP contribution < -0.4 is 0 Å². The second-order valence-corrected chi connectivity index (χ2v) is 5.52. The highest BCUT2D eigenvalue weighted by Crippen LogP contribution is 2.29. The van der Waals surface area contributed by atoms with Crippen molar-refractivity contribution in [1.82, 2.24) is 4.90 Å². The van der Waals surface area contributed by atoms with Crippen LogP contribution in [0.15, 0.2) is 12.2 Å². The molecule has 1 saturated heterocycles. The summed E-state index contributed by atoms with van der Waals surface area (Å²) >= 11 is 4.25. The normalized spacial score (nSPS) is 23.1. The van der Waals surface area contributed by atoms with Crippen molar-refractivity contribution in [3.05, 3.63) is 12.2 Å². The maximum absolute atomic E-state index is 4.25. The Labute approximate surface area is 94.0 Å². The molecule has 0 N–H and O–H groups in total. The van der Waals surface area contributed by atoms with E-state index in [1.54, 1.807) is 0 Å². The first-order chi connectivity index (χ1) is 6.53. The van der Waals surface area contributed by atoms with Gasteiger partial charge in [0.25, 0.3) is 0 Å². The van der Waals surface area contributed by atoms with E-state index in [2.05, 4.69) is 38.0 Å². The highest BCUT2D eigenvalue weighted by Gasteiger charge is 2.22. The first kappa shape index (κ1) is 12.1. The number of rotatable bonds is 3. The van der Waals surface area contributed by atoms with Crippen molar-refractivity contribution in [2.24, 2.45) is 5.41 Å². The van der Waals surface area contributed by atoms with Gasteiger partial charge >= 0.3 is 0 Å². The minimum atomic E-state index is 0.539. The molecule has 0 saturated carbocycles. The predicted molar refractivity (Wildman–Crippen MR) is 67.1 cm³/mol. The molecule has 1 aliphatic heterocycles. The Bertz CT molecular complexity index is 198. The molecule has 0 spiro atoms. The van der Waals surface area contributed by atoms with Crippen molar-refractivity contribution < 1.29 is 0 Å². The number of hydrogen-bond donors (Lipinski definition) is 1. The second-order valence-electron chi connectivity index (χ2n) is 5.20. The average molecular weight is 213 g/mol. The minimum Gasteiger partial charge on any atom is -0.299 e. The van der Waals surface area contributed by atoms with Gasteiger partial charge in [-0.1, -0.05) is 26.0 Å². The Kier molecular flexibility index (Phi) is 4.52. The summed E-state index contributed by atoms with van der Waals surface area (Å²) in [6.45, 7) is 12.3. The highest BCUT2D eigenvalue weighted by molar-refractivity contribution is 7.80. The molecule has 82 valence electrons. The predicted octanol–water partition coefficient (Wildman–Crippen LogP) is 2.98. The molecular formula is C12H23NS. The third-order valence-corrected chi connectivity index (χ3v) is 3.55. The van der Waals surface area contributed by atoms with Gasteiger partial charge < -0.3 is 0 Å². The van der Waals surface area contributed by atoms with Crippen LogP contribution in [0.2, 0.25) is 0 Å². The molecule has 0 aromatic rings. The van der Waals surface area contributed by atoms with Crippen molar-refractivity contribution in [3.63, 3.8) is 0 Å². The Morgan fingerprint density at radius 2 is 2.07 bits per heavy atom. The Hall–Kier alpha value is 0.0500. The van der Waals surface area contributed by atoms with Gasteiger partial charge in [0.2, 0.25) is 0 Å². The first-order valence-electron chi connectivity index (χ1n) is 5.53. The molecule has 0 aromatic carbocycles. The molecule has 0 bridgehead atoms. The second kappa shape index (κ2) is 5.22. The summed E-state index contributed by atoms with van der Waals surface area (Å²) in [5.74, 6) is 0.819. The maximum atomic E-state index is 4.25. The molecule has 0 atom stereocenters. The zero-order valence-corrected chi connectivity index (χ0v) is 10.4. The number of thiol groups is 1. The molecule has 0 aliphatic carbocycles. The summed E-state index contributed by atoms with van der Waals surface area (Å²) in [4.78, 5) is 2.52. The molecule has 1 rings (SSSR count). The Balaban J connectivity index is 2.38. The van der Waals surface area contributed by atoms with Crippen molar-refractivity contribution in [2.45, 2.75) is 33.1 Å². The molecule has 1 heterocycles. The molecule has 0 unspecified atom stereocenters. The summed E-state index contributed by atoms with van der Waals surface area (Å²) in [6.07, 6.45) is 4.00. The Morgan fingerprint density at radius 3 is 2.71 bits per heavy atom. The molecular weight excluding hydrogens is 190 g/mol. The lowest BCUT2D eigenvalue weighted by Crippen LogP contribution is -2.27. The van der Waals surface area contributed by atoms with Crippen LogP contribution in [0.1, 0.15) is 33.1 Å². The van der Waals surface area contributed by atoms with E-state index in [1.165, 1.54) is 37.9 Å². The molecule has 2 heteroatoms. The maximum Gasteiger partial charge on any atom is 0.0198 e. The number of likely N-dealkylation sites (tertiary alicyclic amines) is 1. The highest BCUT2D eigenvalue weighted by atomic mass is 32.1. The van der Waals surface area contributed by atoms with Crippen LogP contribution in [0.5, 0.6) is 0 Å². The van der Waals surface area contributed by atoms with E-state index in [0.29, 0.717) is 5.41 Å². The summed E-state index contributed by atoms with van der Waals surface area (Å²) < 4.78 is 0. The summed E-state index contributed by atoms with van der Waals surface area (Å²) in [5.41, 5.74) is 1.78. The first-order valence-corrected chi connectivity index (χ1v) is 6.17. The monoisotopic (exact) mass is 213 g/mol. The Morgan fingerprint density at radius 1 is 1.36 bits per heavy atom. The lowest BCUT2D eigenvalue weighted by molar-refractivity contribution is 0.278. The summed E-state index contributed by atoms with van der Waals surface area (Å²) in [5, 5.41) is 0. The van der Waals surface area contributed by atoms with E-state index in [1.807, 2.05) is 0 Å². The van der Waals surface area contributed by atoms with Crippen molar-refractivity contribution >= 4 is 12.6 Å². The number of nitrogens with zero attached hydrogens (tertiary/aromatic N) is 1. The standard InChI is InChI=1S/C12H23NS/c1-11(10-14)9-13-7-4-5-12(2,3)6-8-13/h14H,1,4-10H2,2-3H3. The topological polar surface area (TPSA) is 3.24 Å². The molecule has 1 aliphatic rings. The fourth-order valence-electron chi connectivity index (χ4n) is 2.00. The third-order valence-electron chi connectivity index (χ3n) is 3.10. The van der Waals surface area contributed by atoms with E-state index in [0.717, 1.165) is 12.3 Å². The van der Waals surface area contributed by atoms with Gasteiger partial charge in [-0.3, -0.25) is 4.90 Å². The smallest absolute Gasteiger partial charge is 0.0198 e. The van der Waals surface area contributed by atoms with E-state index >= 15 is 0 Å². The van der Waals surface area contributed by atoms with Gasteiger partial charge in [-0.15, -0.1) is 0 Å². The van der Waals surface area contributed by atoms with E-state index < -0.39 is 0 Å². The zero-order chi connectivity index (χ0) is 10.6. The van der Waals surface area contributed by atoms with Crippen LogP contribution in [0.3, 0.4) is 0 Å².